The van der Waals surface area contributed by atoms with Crippen molar-refractivity contribution in [2.75, 3.05) is 0 Å². The molecule has 2 aromatic heterocycles. The molecule has 154 valence electrons. The Bertz CT molecular complexity index is 937. The normalized spacial score (nSPS) is 18.2. The second kappa shape index (κ2) is 8.27. The van der Waals surface area contributed by atoms with Gasteiger partial charge in [0.1, 0.15) is 16.9 Å². The largest absolute Gasteiger partial charge is 0.467 e. The molecule has 2 amide bonds. The Labute approximate surface area is 169 Å². The van der Waals surface area contributed by atoms with E-state index in [1.165, 1.54) is 12.7 Å². The number of carbonyl (C=O) groups excluding carboxylic acids is 2. The number of nitrogens with zero attached hydrogens (tertiary/aromatic N) is 1. The number of carbonyl (C=O) groups is 2. The summed E-state index contributed by atoms with van der Waals surface area (Å²) in [5, 5.41) is 5.68. The minimum Gasteiger partial charge on any atom is -0.467 e. The third-order valence-corrected chi connectivity index (χ3v) is 5.76. The maximum absolute atomic E-state index is 13.0. The molecule has 29 heavy (non-hydrogen) atoms. The maximum Gasteiger partial charge on any atom is 0.257 e. The summed E-state index contributed by atoms with van der Waals surface area (Å²) in [6.07, 6.45) is 12.0. The van der Waals surface area contributed by atoms with Gasteiger partial charge in [-0.25, -0.2) is 0 Å². The summed E-state index contributed by atoms with van der Waals surface area (Å²) in [5.74, 6) is -0.283. The second-order valence-electron chi connectivity index (χ2n) is 8.11. The SMILES string of the molecule is CC(NC(=O)c1cn(C2CCCCC2)cc(C(=O)NC2CC2)c1=O)c1ccco1. The number of nitrogens with one attached hydrogen (secondary N) is 2. The van der Waals surface area contributed by atoms with Crippen LogP contribution in [0.3, 0.4) is 0 Å². The van der Waals surface area contributed by atoms with E-state index in [1.54, 1.807) is 31.5 Å². The van der Waals surface area contributed by atoms with Crippen LogP contribution in [0.2, 0.25) is 0 Å². The van der Waals surface area contributed by atoms with Crippen molar-refractivity contribution >= 4 is 11.8 Å². The highest BCUT2D eigenvalue weighted by Crippen LogP contribution is 2.28. The van der Waals surface area contributed by atoms with Crippen LogP contribution >= 0.6 is 0 Å². The fraction of sp³-hybridized carbons (Fsp3) is 0.500. The molecule has 2 saturated carbocycles. The van der Waals surface area contributed by atoms with Gasteiger partial charge in [0, 0.05) is 24.5 Å². The van der Waals surface area contributed by atoms with E-state index in [2.05, 4.69) is 10.6 Å². The van der Waals surface area contributed by atoms with Crippen LogP contribution in [0.4, 0.5) is 0 Å². The Morgan fingerprint density at radius 1 is 1.07 bits per heavy atom. The second-order valence-corrected chi connectivity index (χ2v) is 8.11. The molecule has 0 aromatic carbocycles. The van der Waals surface area contributed by atoms with Gasteiger partial charge in [0.15, 0.2) is 0 Å². The van der Waals surface area contributed by atoms with Gasteiger partial charge in [-0.05, 0) is 44.7 Å². The molecule has 0 bridgehead atoms. The highest BCUT2D eigenvalue weighted by Gasteiger charge is 2.28. The van der Waals surface area contributed by atoms with Gasteiger partial charge in [-0.2, -0.15) is 0 Å². The lowest BCUT2D eigenvalue weighted by Gasteiger charge is -2.25. The molecular weight excluding hydrogens is 370 g/mol. The van der Waals surface area contributed by atoms with Crippen molar-refractivity contribution in [2.45, 2.75) is 70.0 Å². The molecule has 1 atom stereocenters. The molecule has 2 aromatic rings. The van der Waals surface area contributed by atoms with Crippen LogP contribution in [-0.2, 0) is 0 Å². The third-order valence-electron chi connectivity index (χ3n) is 5.76. The summed E-state index contributed by atoms with van der Waals surface area (Å²) in [6.45, 7) is 1.79. The van der Waals surface area contributed by atoms with Crippen molar-refractivity contribution in [3.63, 3.8) is 0 Å². The average molecular weight is 397 g/mol. The molecule has 7 nitrogen and oxygen atoms in total. The van der Waals surface area contributed by atoms with E-state index in [0.29, 0.717) is 5.76 Å². The predicted molar refractivity (Wildman–Crippen MR) is 108 cm³/mol. The quantitative estimate of drug-likeness (QED) is 0.782. The molecule has 0 radical (unpaired) electrons. The fourth-order valence-corrected chi connectivity index (χ4v) is 3.89. The Kier molecular flexibility index (Phi) is 5.56. The van der Waals surface area contributed by atoms with Gasteiger partial charge < -0.3 is 19.6 Å². The summed E-state index contributed by atoms with van der Waals surface area (Å²) in [4.78, 5) is 38.6. The van der Waals surface area contributed by atoms with Crippen molar-refractivity contribution in [1.29, 1.82) is 0 Å². The van der Waals surface area contributed by atoms with E-state index in [0.717, 1.165) is 38.5 Å². The molecule has 2 N–H and O–H groups in total. The summed E-state index contributed by atoms with van der Waals surface area (Å²) in [6, 6.07) is 3.47. The van der Waals surface area contributed by atoms with E-state index in [1.807, 2.05) is 4.57 Å². The maximum atomic E-state index is 13.0. The van der Waals surface area contributed by atoms with Crippen LogP contribution < -0.4 is 16.1 Å². The molecule has 2 fully saturated rings. The van der Waals surface area contributed by atoms with E-state index < -0.39 is 17.2 Å². The fourth-order valence-electron chi connectivity index (χ4n) is 3.89. The minimum absolute atomic E-state index is 0.00238. The highest BCUT2D eigenvalue weighted by molar-refractivity contribution is 5.99. The Hall–Kier alpha value is -2.83. The van der Waals surface area contributed by atoms with Crippen molar-refractivity contribution in [1.82, 2.24) is 15.2 Å². The summed E-state index contributed by atoms with van der Waals surface area (Å²) >= 11 is 0. The van der Waals surface area contributed by atoms with E-state index >= 15 is 0 Å². The third kappa shape index (κ3) is 4.44. The van der Waals surface area contributed by atoms with Gasteiger partial charge in [-0.1, -0.05) is 19.3 Å². The number of rotatable bonds is 6. The molecule has 2 aliphatic carbocycles. The zero-order valence-corrected chi connectivity index (χ0v) is 16.6. The lowest BCUT2D eigenvalue weighted by molar-refractivity contribution is 0.0933. The van der Waals surface area contributed by atoms with Gasteiger partial charge in [0.25, 0.3) is 11.8 Å². The van der Waals surface area contributed by atoms with E-state index in [9.17, 15) is 14.4 Å². The zero-order chi connectivity index (χ0) is 20.4. The first-order valence-corrected chi connectivity index (χ1v) is 10.4. The number of pyridine rings is 1. The average Bonchev–Trinajstić information content (AvgIpc) is 3.36. The first-order chi connectivity index (χ1) is 14.0. The molecule has 0 spiro atoms. The van der Waals surface area contributed by atoms with Gasteiger partial charge in [0.2, 0.25) is 5.43 Å². The van der Waals surface area contributed by atoms with Crippen molar-refractivity contribution in [2.24, 2.45) is 0 Å². The standard InChI is InChI=1S/C22H27N3O4/c1-14(19-8-5-11-29-19)23-21(27)17-12-25(16-6-3-2-4-7-16)13-18(20(17)26)22(28)24-15-9-10-15/h5,8,11-16H,2-4,6-7,9-10H2,1H3,(H,23,27)(H,24,28). The first-order valence-electron chi connectivity index (χ1n) is 10.4. The van der Waals surface area contributed by atoms with Gasteiger partial charge in [0.05, 0.1) is 12.3 Å². The molecule has 7 heteroatoms. The summed E-state index contributed by atoms with van der Waals surface area (Å²) < 4.78 is 7.23. The van der Waals surface area contributed by atoms with Crippen molar-refractivity contribution < 1.29 is 14.0 Å². The van der Waals surface area contributed by atoms with Crippen molar-refractivity contribution in [3.05, 3.63) is 57.9 Å². The first kappa shape index (κ1) is 19.5. The smallest absolute Gasteiger partial charge is 0.257 e. The van der Waals surface area contributed by atoms with Gasteiger partial charge in [-0.3, -0.25) is 14.4 Å². The van der Waals surface area contributed by atoms with Gasteiger partial charge in [-0.15, -0.1) is 0 Å². The Balaban J connectivity index is 1.65. The lowest BCUT2D eigenvalue weighted by atomic mass is 9.95. The van der Waals surface area contributed by atoms with Crippen LogP contribution in [0.1, 0.15) is 90.4 Å². The van der Waals surface area contributed by atoms with Crippen molar-refractivity contribution in [3.8, 4) is 0 Å². The van der Waals surface area contributed by atoms with E-state index in [-0.39, 0.29) is 29.3 Å². The molecule has 2 heterocycles. The Morgan fingerprint density at radius 2 is 1.76 bits per heavy atom. The van der Waals surface area contributed by atoms with Crippen LogP contribution in [0.15, 0.2) is 40.0 Å². The number of amides is 2. The molecule has 2 aliphatic rings. The Morgan fingerprint density at radius 3 is 2.38 bits per heavy atom. The topological polar surface area (TPSA) is 93.3 Å². The molecular formula is C22H27N3O4. The molecule has 0 aliphatic heterocycles. The lowest BCUT2D eigenvalue weighted by Crippen LogP contribution is -2.37. The minimum atomic E-state index is -0.528. The van der Waals surface area contributed by atoms with Crippen LogP contribution in [-0.4, -0.2) is 22.4 Å². The van der Waals surface area contributed by atoms with Crippen LogP contribution in [0.5, 0.6) is 0 Å². The summed E-state index contributed by atoms with van der Waals surface area (Å²) in [7, 11) is 0. The van der Waals surface area contributed by atoms with Gasteiger partial charge >= 0.3 is 0 Å². The van der Waals surface area contributed by atoms with E-state index in [4.69, 9.17) is 4.42 Å². The number of furan rings is 1. The molecule has 1 unspecified atom stereocenters. The monoisotopic (exact) mass is 397 g/mol. The predicted octanol–water partition coefficient (Wildman–Crippen LogP) is 3.33. The molecule has 0 saturated heterocycles. The molecule has 4 rings (SSSR count). The van der Waals surface area contributed by atoms with Crippen LogP contribution in [0, 0.1) is 0 Å². The van der Waals surface area contributed by atoms with Crippen LogP contribution in [0.25, 0.3) is 0 Å². The number of hydrogen-bond acceptors (Lipinski definition) is 4. The zero-order valence-electron chi connectivity index (χ0n) is 16.6. The number of aromatic nitrogens is 1. The highest BCUT2D eigenvalue weighted by atomic mass is 16.3. The summed E-state index contributed by atoms with van der Waals surface area (Å²) in [5.41, 5.74) is -0.488. The number of hydrogen-bond donors (Lipinski definition) is 2.